The van der Waals surface area contributed by atoms with E-state index in [0.29, 0.717) is 11.8 Å². The molecule has 0 radical (unpaired) electrons. The van der Waals surface area contributed by atoms with Gasteiger partial charge in [0.1, 0.15) is 6.23 Å². The van der Waals surface area contributed by atoms with Crippen LogP contribution in [0.1, 0.15) is 21.8 Å². The summed E-state index contributed by atoms with van der Waals surface area (Å²) < 4.78 is 11.2. The van der Waals surface area contributed by atoms with Crippen LogP contribution in [-0.4, -0.2) is 28.8 Å². The van der Waals surface area contributed by atoms with Crippen molar-refractivity contribution in [2.75, 3.05) is 6.23 Å². The molecule has 3 nitrogen and oxygen atoms in total. The second-order valence-corrected chi connectivity index (χ2v) is 14.2. The molecule has 0 N–H and O–H groups in total. The van der Waals surface area contributed by atoms with Crippen molar-refractivity contribution in [1.82, 2.24) is 0 Å². The van der Waals surface area contributed by atoms with Gasteiger partial charge in [0.15, 0.2) is 8.32 Å². The van der Waals surface area contributed by atoms with Gasteiger partial charge in [0.2, 0.25) is 8.32 Å². The first-order valence-electron chi connectivity index (χ1n) is 5.06. The molecule has 0 aliphatic carbocycles. The van der Waals surface area contributed by atoms with E-state index in [0.717, 1.165) is 0 Å². The molecule has 0 unspecified atom stereocenters. The van der Waals surface area contributed by atoms with Gasteiger partial charge in [-0.25, -0.2) is 4.79 Å². The van der Waals surface area contributed by atoms with Crippen molar-refractivity contribution >= 4 is 22.6 Å². The van der Waals surface area contributed by atoms with Crippen LogP contribution >= 0.6 is 0 Å². The van der Waals surface area contributed by atoms with Crippen LogP contribution < -0.4 is 0 Å². The highest BCUT2D eigenvalue weighted by Gasteiger charge is 2.31. The summed E-state index contributed by atoms with van der Waals surface area (Å²) in [6.45, 7) is 15.7. The summed E-state index contributed by atoms with van der Waals surface area (Å²) in [6, 6.07) is 0. The maximum Gasteiger partial charge on any atom is 0.332 e. The van der Waals surface area contributed by atoms with Gasteiger partial charge in [-0.3, -0.25) is 0 Å². The first-order valence-corrected chi connectivity index (χ1v) is 11.6. The molecule has 0 amide bonds. The van der Waals surface area contributed by atoms with Crippen molar-refractivity contribution in [3.8, 4) is 0 Å². The Kier molecular flexibility index (Phi) is 10.1. The van der Waals surface area contributed by atoms with Gasteiger partial charge < -0.3 is 8.85 Å². The third-order valence-electron chi connectivity index (χ3n) is 1.48. The monoisotopic (exact) mass is 278 g/mol. The molecule has 0 saturated carbocycles. The molecular formula is C12H30O3Si2. The molecule has 0 rings (SSSR count). The maximum atomic E-state index is 11.2. The number of esters is 1. The van der Waals surface area contributed by atoms with Crippen LogP contribution in [0.2, 0.25) is 32.7 Å². The minimum absolute atomic E-state index is 0. The minimum Gasteiger partial charge on any atom is -0.463 e. The summed E-state index contributed by atoms with van der Waals surface area (Å²) in [7, 11) is -3.41. The van der Waals surface area contributed by atoms with Crippen LogP contribution in [0.3, 0.4) is 0 Å². The van der Waals surface area contributed by atoms with Gasteiger partial charge in [0.25, 0.3) is 0 Å². The Labute approximate surface area is 109 Å². The summed E-state index contributed by atoms with van der Waals surface area (Å²) in [6.07, 6.45) is 0.406. The smallest absolute Gasteiger partial charge is 0.332 e. The van der Waals surface area contributed by atoms with Crippen molar-refractivity contribution in [2.45, 2.75) is 54.5 Å². The molecule has 104 valence electrons. The Balaban J connectivity index is -0.000000980. The summed E-state index contributed by atoms with van der Waals surface area (Å²) >= 11 is 0. The predicted molar refractivity (Wildman–Crippen MR) is 81.1 cm³/mol. The van der Waals surface area contributed by atoms with Crippen molar-refractivity contribution in [2.24, 2.45) is 0 Å². The zero-order valence-corrected chi connectivity index (χ0v) is 12.6. The van der Waals surface area contributed by atoms with E-state index in [-0.39, 0.29) is 20.8 Å². The van der Waals surface area contributed by atoms with Crippen molar-refractivity contribution in [3.63, 3.8) is 0 Å². The fourth-order valence-electron chi connectivity index (χ4n) is 1.22. The molecule has 0 spiro atoms. The highest BCUT2D eigenvalue weighted by atomic mass is 28.4. The van der Waals surface area contributed by atoms with E-state index in [2.05, 4.69) is 39.3 Å². The van der Waals surface area contributed by atoms with Gasteiger partial charge in [-0.05, 0) is 39.7 Å². The van der Waals surface area contributed by atoms with Crippen LogP contribution in [0.15, 0.2) is 12.2 Å². The van der Waals surface area contributed by atoms with E-state index in [9.17, 15) is 4.79 Å². The lowest BCUT2D eigenvalue weighted by Crippen LogP contribution is -2.46. The Morgan fingerprint density at radius 2 is 1.53 bits per heavy atom. The lowest BCUT2D eigenvalue weighted by atomic mass is 10.4. The first-order chi connectivity index (χ1) is 6.53. The molecule has 5 heteroatoms. The Bertz CT molecular complexity index is 255. The Morgan fingerprint density at radius 1 is 1.12 bits per heavy atom. The summed E-state index contributed by atoms with van der Waals surface area (Å²) in [5.74, 6) is -0.324. The predicted octanol–water partition coefficient (Wildman–Crippen LogP) is 3.97. The molecule has 0 aromatic rings. The minimum atomic E-state index is -1.87. The number of carbonyl (C=O) groups is 1. The Morgan fingerprint density at radius 3 is 1.82 bits per heavy atom. The SMILES string of the molecule is C.C.C=C(C)C(=O)OC[Si](C)(C)O[Si](C)(C)C. The lowest BCUT2D eigenvalue weighted by molar-refractivity contribution is -0.137. The van der Waals surface area contributed by atoms with Gasteiger partial charge in [0, 0.05) is 5.57 Å². The molecule has 0 saturated heterocycles. The van der Waals surface area contributed by atoms with Gasteiger partial charge in [-0.2, -0.15) is 0 Å². The zero-order valence-electron chi connectivity index (χ0n) is 10.6. The quantitative estimate of drug-likeness (QED) is 0.433. The highest BCUT2D eigenvalue weighted by Crippen LogP contribution is 2.14. The largest absolute Gasteiger partial charge is 0.463 e. The third-order valence-corrected chi connectivity index (χ3v) is 6.98. The van der Waals surface area contributed by atoms with E-state index < -0.39 is 16.6 Å². The molecule has 0 aromatic heterocycles. The second-order valence-electron chi connectivity index (χ2n) is 5.33. The van der Waals surface area contributed by atoms with Crippen molar-refractivity contribution in [1.29, 1.82) is 0 Å². The van der Waals surface area contributed by atoms with E-state index in [1.165, 1.54) is 0 Å². The van der Waals surface area contributed by atoms with Crippen LogP contribution in [-0.2, 0) is 13.6 Å². The zero-order chi connectivity index (χ0) is 12.3. The molecule has 0 atom stereocenters. The number of hydrogen-bond acceptors (Lipinski definition) is 3. The van der Waals surface area contributed by atoms with Crippen molar-refractivity contribution in [3.05, 3.63) is 12.2 Å². The van der Waals surface area contributed by atoms with Gasteiger partial charge in [0.05, 0.1) is 0 Å². The molecule has 0 aliphatic heterocycles. The average molecular weight is 279 g/mol. The normalized spacial score (nSPS) is 10.9. The summed E-state index contributed by atoms with van der Waals surface area (Å²) in [5, 5.41) is 0. The molecule has 0 aromatic carbocycles. The number of carbonyl (C=O) groups excluding carboxylic acids is 1. The fraction of sp³-hybridized carbons (Fsp3) is 0.750. The standard InChI is InChI=1S/C10H22O3Si2.2CH4/c1-9(2)10(11)12-8-15(6,7)13-14(3,4)5;;/h1,8H2,2-7H3;2*1H4. The van der Waals surface area contributed by atoms with Gasteiger partial charge >= 0.3 is 5.97 Å². The van der Waals surface area contributed by atoms with Crippen LogP contribution in [0.4, 0.5) is 0 Å². The van der Waals surface area contributed by atoms with E-state index in [4.69, 9.17) is 8.85 Å². The molecule has 0 heterocycles. The van der Waals surface area contributed by atoms with Crippen LogP contribution in [0, 0.1) is 0 Å². The molecular weight excluding hydrogens is 248 g/mol. The highest BCUT2D eigenvalue weighted by molar-refractivity contribution is 6.84. The molecule has 0 fully saturated rings. The fourth-order valence-corrected chi connectivity index (χ4v) is 8.57. The molecule has 0 bridgehead atoms. The third kappa shape index (κ3) is 11.9. The number of ether oxygens (including phenoxy) is 1. The lowest BCUT2D eigenvalue weighted by Gasteiger charge is -2.30. The molecule has 17 heavy (non-hydrogen) atoms. The van der Waals surface area contributed by atoms with Crippen LogP contribution in [0.25, 0.3) is 0 Å². The Hall–Kier alpha value is -0.396. The topological polar surface area (TPSA) is 35.5 Å². The summed E-state index contributed by atoms with van der Waals surface area (Å²) in [4.78, 5) is 11.2. The van der Waals surface area contributed by atoms with Gasteiger partial charge in [-0.1, -0.05) is 21.4 Å². The summed E-state index contributed by atoms with van der Waals surface area (Å²) in [5.41, 5.74) is 0.438. The average Bonchev–Trinajstić information content (AvgIpc) is 1.95. The molecule has 0 aliphatic rings. The number of rotatable bonds is 5. The van der Waals surface area contributed by atoms with Crippen molar-refractivity contribution < 1.29 is 13.6 Å². The first kappa shape index (κ1) is 21.8. The van der Waals surface area contributed by atoms with Crippen LogP contribution in [0.5, 0.6) is 0 Å². The number of hydrogen-bond donors (Lipinski definition) is 0. The van der Waals surface area contributed by atoms with E-state index >= 15 is 0 Å². The maximum absolute atomic E-state index is 11.2. The van der Waals surface area contributed by atoms with E-state index in [1.807, 2.05) is 0 Å². The van der Waals surface area contributed by atoms with E-state index in [1.54, 1.807) is 6.92 Å². The van der Waals surface area contributed by atoms with Gasteiger partial charge in [-0.15, -0.1) is 0 Å². The second kappa shape index (κ2) is 7.84.